The third-order valence-electron chi connectivity index (χ3n) is 3.63. The van der Waals surface area contributed by atoms with Gasteiger partial charge in [-0.15, -0.1) is 5.10 Å². The van der Waals surface area contributed by atoms with E-state index in [2.05, 4.69) is 36.6 Å². The Labute approximate surface area is 137 Å². The number of nitrogens with zero attached hydrogens (tertiary/aromatic N) is 3. The number of benzene rings is 1. The molecule has 1 amide bonds. The molecule has 0 aliphatic carbocycles. The molecule has 0 saturated carbocycles. The molecule has 116 valence electrons. The maximum Gasteiger partial charge on any atom is 0.248 e. The molecule has 1 aliphatic heterocycles. The number of nitrogens with one attached hydrogen (secondary N) is 2. The van der Waals surface area contributed by atoms with E-state index in [1.165, 1.54) is 0 Å². The average Bonchev–Trinajstić information content (AvgIpc) is 2.95. The van der Waals surface area contributed by atoms with E-state index in [-0.39, 0.29) is 11.9 Å². The van der Waals surface area contributed by atoms with Crippen LogP contribution in [-0.2, 0) is 11.3 Å². The van der Waals surface area contributed by atoms with Gasteiger partial charge >= 0.3 is 0 Å². The molecular formula is C15H18BrN5O. The van der Waals surface area contributed by atoms with Crippen molar-refractivity contribution in [2.45, 2.75) is 31.8 Å². The van der Waals surface area contributed by atoms with Crippen molar-refractivity contribution in [3.05, 3.63) is 40.6 Å². The Morgan fingerprint density at radius 1 is 1.45 bits per heavy atom. The van der Waals surface area contributed by atoms with Crippen molar-refractivity contribution >= 4 is 27.8 Å². The summed E-state index contributed by atoms with van der Waals surface area (Å²) in [7, 11) is 0. The standard InChI is InChI=1S/C15H18BrN5O/c16-12-5-3-4-11(8-12)9-21-10-18-15(20-21)19-14(22)13-6-1-2-7-17-13/h3-5,8,10,13,17H,1-2,6-7,9H2,(H,19,20,22). The maximum absolute atomic E-state index is 12.1. The molecule has 1 saturated heterocycles. The number of anilines is 1. The second kappa shape index (κ2) is 7.02. The third-order valence-corrected chi connectivity index (χ3v) is 4.13. The lowest BCUT2D eigenvalue weighted by Crippen LogP contribution is -2.43. The predicted octanol–water partition coefficient (Wildman–Crippen LogP) is 2.17. The van der Waals surface area contributed by atoms with Crippen molar-refractivity contribution in [2.24, 2.45) is 0 Å². The second-order valence-corrected chi connectivity index (χ2v) is 6.30. The van der Waals surface area contributed by atoms with Crippen LogP contribution in [0.4, 0.5) is 5.95 Å². The van der Waals surface area contributed by atoms with Gasteiger partial charge in [0.05, 0.1) is 12.6 Å². The quantitative estimate of drug-likeness (QED) is 0.872. The molecule has 2 heterocycles. The highest BCUT2D eigenvalue weighted by Crippen LogP contribution is 2.13. The van der Waals surface area contributed by atoms with Gasteiger partial charge in [0.15, 0.2) is 0 Å². The number of hydrogen-bond acceptors (Lipinski definition) is 4. The number of carbonyl (C=O) groups is 1. The van der Waals surface area contributed by atoms with Gasteiger partial charge in [-0.3, -0.25) is 10.1 Å². The van der Waals surface area contributed by atoms with E-state index in [4.69, 9.17) is 0 Å². The highest BCUT2D eigenvalue weighted by atomic mass is 79.9. The first-order valence-corrected chi connectivity index (χ1v) is 8.18. The fourth-order valence-electron chi connectivity index (χ4n) is 2.52. The van der Waals surface area contributed by atoms with Gasteiger partial charge in [0.1, 0.15) is 6.33 Å². The zero-order valence-electron chi connectivity index (χ0n) is 12.1. The van der Waals surface area contributed by atoms with E-state index >= 15 is 0 Å². The van der Waals surface area contributed by atoms with Gasteiger partial charge in [0.25, 0.3) is 0 Å². The molecule has 1 aromatic heterocycles. The SMILES string of the molecule is O=C(Nc1ncn(Cc2cccc(Br)c2)n1)C1CCCCN1. The van der Waals surface area contributed by atoms with E-state index in [0.717, 1.165) is 35.8 Å². The van der Waals surface area contributed by atoms with Crippen molar-refractivity contribution in [1.29, 1.82) is 0 Å². The minimum atomic E-state index is -0.134. The van der Waals surface area contributed by atoms with Gasteiger partial charge < -0.3 is 5.32 Å². The van der Waals surface area contributed by atoms with Gasteiger partial charge in [-0.1, -0.05) is 34.5 Å². The fraction of sp³-hybridized carbons (Fsp3) is 0.400. The normalized spacial score (nSPS) is 18.1. The second-order valence-electron chi connectivity index (χ2n) is 5.39. The number of rotatable bonds is 4. The number of hydrogen-bond donors (Lipinski definition) is 2. The molecule has 0 bridgehead atoms. The van der Waals surface area contributed by atoms with Gasteiger partial charge in [-0.05, 0) is 37.1 Å². The molecule has 0 spiro atoms. The Morgan fingerprint density at radius 3 is 3.14 bits per heavy atom. The van der Waals surface area contributed by atoms with Crippen LogP contribution in [0.3, 0.4) is 0 Å². The molecule has 7 heteroatoms. The Bertz CT molecular complexity index is 651. The zero-order valence-corrected chi connectivity index (χ0v) is 13.7. The molecule has 6 nitrogen and oxygen atoms in total. The molecule has 2 N–H and O–H groups in total. The zero-order chi connectivity index (χ0) is 15.4. The Kier molecular flexibility index (Phi) is 4.84. The minimum absolute atomic E-state index is 0.0556. The molecule has 22 heavy (non-hydrogen) atoms. The Morgan fingerprint density at radius 2 is 2.36 bits per heavy atom. The lowest BCUT2D eigenvalue weighted by molar-refractivity contribution is -0.118. The van der Waals surface area contributed by atoms with Crippen LogP contribution in [0.1, 0.15) is 24.8 Å². The number of piperidine rings is 1. The largest absolute Gasteiger partial charge is 0.306 e. The van der Waals surface area contributed by atoms with Crippen LogP contribution in [-0.4, -0.2) is 33.3 Å². The summed E-state index contributed by atoms with van der Waals surface area (Å²) in [5.41, 5.74) is 1.12. The van der Waals surface area contributed by atoms with Crippen LogP contribution >= 0.6 is 15.9 Å². The lowest BCUT2D eigenvalue weighted by atomic mass is 10.0. The van der Waals surface area contributed by atoms with Crippen LogP contribution < -0.4 is 10.6 Å². The highest BCUT2D eigenvalue weighted by molar-refractivity contribution is 9.10. The van der Waals surface area contributed by atoms with Gasteiger partial charge in [0, 0.05) is 4.47 Å². The van der Waals surface area contributed by atoms with Crippen LogP contribution in [0.25, 0.3) is 0 Å². The molecule has 3 rings (SSSR count). The summed E-state index contributed by atoms with van der Waals surface area (Å²) in [5, 5.41) is 10.3. The smallest absolute Gasteiger partial charge is 0.248 e. The van der Waals surface area contributed by atoms with E-state index in [1.54, 1.807) is 11.0 Å². The first kappa shape index (κ1) is 15.2. The van der Waals surface area contributed by atoms with E-state index in [9.17, 15) is 4.79 Å². The number of aromatic nitrogens is 3. The maximum atomic E-state index is 12.1. The van der Waals surface area contributed by atoms with Crippen LogP contribution in [0.2, 0.25) is 0 Å². The average molecular weight is 364 g/mol. The molecule has 2 aromatic rings. The van der Waals surface area contributed by atoms with Gasteiger partial charge in [0.2, 0.25) is 11.9 Å². The summed E-state index contributed by atoms with van der Waals surface area (Å²) in [6.45, 7) is 1.51. The molecular weight excluding hydrogens is 346 g/mol. The summed E-state index contributed by atoms with van der Waals surface area (Å²) in [6, 6.07) is 7.88. The monoisotopic (exact) mass is 363 g/mol. The molecule has 1 aliphatic rings. The van der Waals surface area contributed by atoms with Crippen molar-refractivity contribution in [2.75, 3.05) is 11.9 Å². The summed E-state index contributed by atoms with van der Waals surface area (Å²) in [6.07, 6.45) is 4.70. The van der Waals surface area contributed by atoms with Crippen molar-refractivity contribution < 1.29 is 4.79 Å². The van der Waals surface area contributed by atoms with E-state index in [0.29, 0.717) is 12.5 Å². The van der Waals surface area contributed by atoms with Crippen molar-refractivity contribution in [3.8, 4) is 0 Å². The van der Waals surface area contributed by atoms with Crippen LogP contribution in [0.5, 0.6) is 0 Å². The van der Waals surface area contributed by atoms with Gasteiger partial charge in [-0.25, -0.2) is 9.67 Å². The molecule has 1 aromatic carbocycles. The summed E-state index contributed by atoms with van der Waals surface area (Å²) < 4.78 is 2.74. The Balaban J connectivity index is 1.60. The molecule has 1 atom stereocenters. The molecule has 1 unspecified atom stereocenters. The summed E-state index contributed by atoms with van der Waals surface area (Å²) >= 11 is 3.45. The van der Waals surface area contributed by atoms with E-state index in [1.807, 2.05) is 24.3 Å². The topological polar surface area (TPSA) is 71.8 Å². The van der Waals surface area contributed by atoms with Crippen LogP contribution in [0.15, 0.2) is 35.1 Å². The van der Waals surface area contributed by atoms with E-state index < -0.39 is 0 Å². The summed E-state index contributed by atoms with van der Waals surface area (Å²) in [4.78, 5) is 16.3. The first-order valence-electron chi connectivity index (χ1n) is 7.39. The fourth-order valence-corrected chi connectivity index (χ4v) is 2.97. The van der Waals surface area contributed by atoms with Crippen molar-refractivity contribution in [3.63, 3.8) is 0 Å². The Hall–Kier alpha value is -1.73. The minimum Gasteiger partial charge on any atom is -0.306 e. The van der Waals surface area contributed by atoms with Crippen molar-refractivity contribution in [1.82, 2.24) is 20.1 Å². The molecule has 0 radical (unpaired) electrons. The first-order chi connectivity index (χ1) is 10.7. The number of amides is 1. The van der Waals surface area contributed by atoms with Crippen LogP contribution in [0, 0.1) is 0 Å². The molecule has 1 fully saturated rings. The number of halogens is 1. The number of carbonyl (C=O) groups excluding carboxylic acids is 1. The van der Waals surface area contributed by atoms with Gasteiger partial charge in [-0.2, -0.15) is 0 Å². The lowest BCUT2D eigenvalue weighted by Gasteiger charge is -2.21. The highest BCUT2D eigenvalue weighted by Gasteiger charge is 2.21. The predicted molar refractivity (Wildman–Crippen MR) is 87.5 cm³/mol. The third kappa shape index (κ3) is 3.92. The summed E-state index contributed by atoms with van der Waals surface area (Å²) in [5.74, 6) is 0.298.